The first-order valence-corrected chi connectivity index (χ1v) is 9.25. The van der Waals surface area contributed by atoms with Crippen molar-refractivity contribution in [2.75, 3.05) is 52.3 Å². The fraction of sp³-hybridized carbons (Fsp3) is 0.526. The lowest BCUT2D eigenvalue weighted by atomic mass is 10.1. The monoisotopic (exact) mass is 372 g/mol. The number of rotatable bonds is 5. The van der Waals surface area contributed by atoms with Crippen molar-refractivity contribution in [3.8, 4) is 0 Å². The first-order chi connectivity index (χ1) is 13.0. The second-order valence-electron chi connectivity index (χ2n) is 7.29. The maximum Gasteiger partial charge on any atom is 0.321 e. The molecule has 1 aliphatic heterocycles. The van der Waals surface area contributed by atoms with Gasteiger partial charge in [0, 0.05) is 37.7 Å². The zero-order valence-corrected chi connectivity index (χ0v) is 16.2. The molecule has 27 heavy (non-hydrogen) atoms. The van der Waals surface area contributed by atoms with Crippen molar-refractivity contribution in [2.24, 2.45) is 5.92 Å². The molecule has 1 aromatic heterocycles. The number of nitrogens with one attached hydrogen (secondary N) is 2. The van der Waals surface area contributed by atoms with Crippen LogP contribution < -0.4 is 5.32 Å². The van der Waals surface area contributed by atoms with Crippen LogP contribution in [0, 0.1) is 12.8 Å². The highest BCUT2D eigenvalue weighted by molar-refractivity contribution is 5.89. The Kier molecular flexibility index (Phi) is 6.41. The highest BCUT2D eigenvalue weighted by atomic mass is 16.5. The smallest absolute Gasteiger partial charge is 0.321 e. The van der Waals surface area contributed by atoms with E-state index in [2.05, 4.69) is 25.4 Å². The predicted octanol–water partition coefficient (Wildman–Crippen LogP) is 1.75. The number of ether oxygens (including phenoxy) is 1. The summed E-state index contributed by atoms with van der Waals surface area (Å²) in [5.74, 6) is 1.89. The molecule has 1 saturated heterocycles. The number of carbonyl (C=O) groups is 1. The van der Waals surface area contributed by atoms with Gasteiger partial charge in [0.2, 0.25) is 0 Å². The van der Waals surface area contributed by atoms with Crippen LogP contribution >= 0.6 is 0 Å². The van der Waals surface area contributed by atoms with E-state index in [1.165, 1.54) is 0 Å². The fourth-order valence-corrected chi connectivity index (χ4v) is 3.25. The van der Waals surface area contributed by atoms with Crippen molar-refractivity contribution in [1.29, 1.82) is 0 Å². The zero-order chi connectivity index (χ0) is 19.2. The summed E-state index contributed by atoms with van der Waals surface area (Å²) in [4.78, 5) is 20.9. The minimum Gasteiger partial charge on any atom is -0.379 e. The molecule has 1 fully saturated rings. The van der Waals surface area contributed by atoms with Gasteiger partial charge in [-0.3, -0.25) is 5.10 Å². The number of hydrogen-bond acceptors (Lipinski definition) is 5. The molecule has 1 aromatic carbocycles. The zero-order valence-electron chi connectivity index (χ0n) is 16.2. The van der Waals surface area contributed by atoms with Gasteiger partial charge in [-0.25, -0.2) is 9.78 Å². The van der Waals surface area contributed by atoms with Gasteiger partial charge in [-0.2, -0.15) is 5.10 Å². The van der Waals surface area contributed by atoms with E-state index in [9.17, 15) is 4.79 Å². The Morgan fingerprint density at radius 2 is 2.15 bits per heavy atom. The number of H-pyrrole nitrogens is 1. The number of hydrogen-bond donors (Lipinski definition) is 2. The van der Waals surface area contributed by atoms with Crippen LogP contribution in [-0.2, 0) is 11.2 Å². The lowest BCUT2D eigenvalue weighted by Crippen LogP contribution is -2.41. The molecule has 2 heterocycles. The maximum atomic E-state index is 12.7. The molecule has 0 aliphatic carbocycles. The molecule has 0 unspecified atom stereocenters. The number of urea groups is 1. The molecule has 2 amide bonds. The molecule has 146 valence electrons. The molecular formula is C19H28N6O2. The van der Waals surface area contributed by atoms with E-state index in [0.29, 0.717) is 38.6 Å². The second-order valence-corrected chi connectivity index (χ2v) is 7.29. The summed E-state index contributed by atoms with van der Waals surface area (Å²) in [5, 5.41) is 9.99. The number of carbonyl (C=O) groups excluding carboxylic acids is 1. The average molecular weight is 372 g/mol. The van der Waals surface area contributed by atoms with Gasteiger partial charge >= 0.3 is 6.03 Å². The Balaban J connectivity index is 1.56. The number of amides is 2. The Bertz CT molecular complexity index is 743. The summed E-state index contributed by atoms with van der Waals surface area (Å²) in [6, 6.07) is 7.72. The van der Waals surface area contributed by atoms with Gasteiger partial charge in [-0.15, -0.1) is 0 Å². The maximum absolute atomic E-state index is 12.7. The predicted molar refractivity (Wildman–Crippen MR) is 104 cm³/mol. The van der Waals surface area contributed by atoms with E-state index < -0.39 is 0 Å². The minimum atomic E-state index is -0.0819. The fourth-order valence-electron chi connectivity index (χ4n) is 3.25. The van der Waals surface area contributed by atoms with Gasteiger partial charge < -0.3 is 19.9 Å². The third-order valence-corrected chi connectivity index (χ3v) is 4.46. The summed E-state index contributed by atoms with van der Waals surface area (Å²) in [7, 11) is 4.08. The largest absolute Gasteiger partial charge is 0.379 e. The minimum absolute atomic E-state index is 0.0819. The molecule has 8 heteroatoms. The molecule has 0 bridgehead atoms. The topological polar surface area (TPSA) is 86.4 Å². The quantitative estimate of drug-likeness (QED) is 0.835. The van der Waals surface area contributed by atoms with Gasteiger partial charge in [-0.05, 0) is 38.7 Å². The van der Waals surface area contributed by atoms with E-state index in [1.807, 2.05) is 50.2 Å². The number of aryl methyl sites for hydroxylation is 1. The molecule has 0 radical (unpaired) electrons. The summed E-state index contributed by atoms with van der Waals surface area (Å²) in [6.45, 7) is 5.36. The number of aromatic amines is 1. The van der Waals surface area contributed by atoms with Crippen molar-refractivity contribution in [1.82, 2.24) is 25.0 Å². The van der Waals surface area contributed by atoms with E-state index >= 15 is 0 Å². The SMILES string of the molecule is Cc1nc(Cc2ccc(NC(=O)N3CCOC[C@@H](CN(C)C)C3)cc2)n[nH]1. The first kappa shape index (κ1) is 19.3. The number of nitrogens with zero attached hydrogens (tertiary/aromatic N) is 4. The van der Waals surface area contributed by atoms with Crippen LogP contribution in [0.4, 0.5) is 10.5 Å². The van der Waals surface area contributed by atoms with Crippen LogP contribution in [-0.4, -0.2) is 78.0 Å². The molecule has 0 spiro atoms. The van der Waals surface area contributed by atoms with Gasteiger partial charge in [0.15, 0.2) is 5.82 Å². The average Bonchev–Trinajstić information content (AvgIpc) is 2.89. The van der Waals surface area contributed by atoms with E-state index in [1.54, 1.807) is 0 Å². The van der Waals surface area contributed by atoms with E-state index in [4.69, 9.17) is 4.74 Å². The Labute approximate surface area is 159 Å². The lowest BCUT2D eigenvalue weighted by molar-refractivity contribution is 0.112. The molecule has 2 N–H and O–H groups in total. The molecule has 1 aliphatic rings. The van der Waals surface area contributed by atoms with E-state index in [-0.39, 0.29) is 6.03 Å². The lowest BCUT2D eigenvalue weighted by Gasteiger charge is -2.25. The molecular weight excluding hydrogens is 344 g/mol. The molecule has 8 nitrogen and oxygen atoms in total. The van der Waals surface area contributed by atoms with Crippen molar-refractivity contribution in [3.05, 3.63) is 41.5 Å². The number of aromatic nitrogens is 3. The van der Waals surface area contributed by atoms with Gasteiger partial charge in [0.25, 0.3) is 0 Å². The Morgan fingerprint density at radius 3 is 2.81 bits per heavy atom. The molecule has 2 aromatic rings. The van der Waals surface area contributed by atoms with Crippen LogP contribution in [0.3, 0.4) is 0 Å². The van der Waals surface area contributed by atoms with Crippen LogP contribution in [0.25, 0.3) is 0 Å². The Morgan fingerprint density at radius 1 is 1.37 bits per heavy atom. The summed E-state index contributed by atoms with van der Waals surface area (Å²) in [6.07, 6.45) is 0.661. The molecule has 3 rings (SSSR count). The van der Waals surface area contributed by atoms with E-state index in [0.717, 1.165) is 29.4 Å². The highest BCUT2D eigenvalue weighted by Crippen LogP contribution is 2.14. The van der Waals surface area contributed by atoms with Crippen LogP contribution in [0.2, 0.25) is 0 Å². The van der Waals surface area contributed by atoms with Gasteiger partial charge in [0.1, 0.15) is 5.82 Å². The highest BCUT2D eigenvalue weighted by Gasteiger charge is 2.23. The normalized spacial score (nSPS) is 17.8. The number of anilines is 1. The third kappa shape index (κ3) is 5.77. The van der Waals surface area contributed by atoms with Crippen molar-refractivity contribution in [3.63, 3.8) is 0 Å². The van der Waals surface area contributed by atoms with Crippen molar-refractivity contribution < 1.29 is 9.53 Å². The van der Waals surface area contributed by atoms with Gasteiger partial charge in [-0.1, -0.05) is 12.1 Å². The standard InChI is InChI=1S/C19H28N6O2/c1-14-20-18(23-22-14)10-15-4-6-17(7-5-15)21-19(26)25-8-9-27-13-16(12-25)11-24(2)3/h4-7,16H,8-13H2,1-3H3,(H,21,26)(H,20,22,23)/t16-/m0/s1. The summed E-state index contributed by atoms with van der Waals surface area (Å²) < 4.78 is 5.65. The third-order valence-electron chi connectivity index (χ3n) is 4.46. The van der Waals surface area contributed by atoms with Crippen molar-refractivity contribution >= 4 is 11.7 Å². The molecule has 1 atom stereocenters. The first-order valence-electron chi connectivity index (χ1n) is 9.25. The molecule has 0 saturated carbocycles. The van der Waals surface area contributed by atoms with Crippen LogP contribution in [0.1, 0.15) is 17.2 Å². The van der Waals surface area contributed by atoms with Crippen LogP contribution in [0.5, 0.6) is 0 Å². The van der Waals surface area contributed by atoms with Crippen LogP contribution in [0.15, 0.2) is 24.3 Å². The number of benzene rings is 1. The second kappa shape index (κ2) is 8.96. The summed E-state index contributed by atoms with van der Waals surface area (Å²) >= 11 is 0. The summed E-state index contributed by atoms with van der Waals surface area (Å²) in [5.41, 5.74) is 1.88. The van der Waals surface area contributed by atoms with Gasteiger partial charge in [0.05, 0.1) is 13.2 Å². The Hall–Kier alpha value is -2.45. The van der Waals surface area contributed by atoms with Crippen molar-refractivity contribution in [2.45, 2.75) is 13.3 Å².